The number of hydrogen-bond donors (Lipinski definition) is 2. The van der Waals surface area contributed by atoms with Gasteiger partial charge in [-0.25, -0.2) is 4.98 Å². The number of anilines is 1. The Balaban J connectivity index is 2.06. The van der Waals surface area contributed by atoms with E-state index >= 15 is 0 Å². The van der Waals surface area contributed by atoms with Crippen LogP contribution in [0.3, 0.4) is 0 Å². The molecular weight excluding hydrogens is 474 g/mol. The third-order valence-corrected chi connectivity index (χ3v) is 7.01. The highest BCUT2D eigenvalue weighted by Crippen LogP contribution is 2.44. The number of nitrogens with two attached hydrogens (primary N) is 1. The largest absolute Gasteiger partial charge is 0.493 e. The molecule has 184 valence electrons. The first-order valence-corrected chi connectivity index (χ1v) is 12.1. The first-order chi connectivity index (χ1) is 17.4. The van der Waals surface area contributed by atoms with Crippen LogP contribution in [0, 0.1) is 22.7 Å². The van der Waals surface area contributed by atoms with E-state index in [0.29, 0.717) is 29.0 Å². The van der Waals surface area contributed by atoms with Crippen LogP contribution in [0.25, 0.3) is 11.1 Å². The summed E-state index contributed by atoms with van der Waals surface area (Å²) in [6.45, 7) is 3.80. The predicted octanol–water partition coefficient (Wildman–Crippen LogP) is 4.84. The lowest BCUT2D eigenvalue weighted by atomic mass is 9.95. The number of thioether (sulfide) groups is 1. The van der Waals surface area contributed by atoms with Gasteiger partial charge in [-0.3, -0.25) is 4.79 Å². The van der Waals surface area contributed by atoms with Gasteiger partial charge in [0, 0.05) is 11.1 Å². The molecule has 0 saturated carbocycles. The summed E-state index contributed by atoms with van der Waals surface area (Å²) in [5.41, 5.74) is 8.11. The minimum atomic E-state index is -0.539. The second-order valence-electron chi connectivity index (χ2n) is 7.85. The van der Waals surface area contributed by atoms with Gasteiger partial charge < -0.3 is 20.5 Å². The number of carbonyl (C=O) groups excluding carboxylic acids is 1. The van der Waals surface area contributed by atoms with Crippen molar-refractivity contribution in [3.05, 3.63) is 65.2 Å². The molecule has 1 aromatic heterocycles. The molecule has 2 aromatic carbocycles. The highest BCUT2D eigenvalue weighted by molar-refractivity contribution is 8.00. The SMILES string of the molecule is CC[C@@H](Sc1nc(N)c(C#N)c(-c2cccc(OC)c2OC)c1C#N)C(=O)N[C@H](C)c1ccccc1. The third kappa shape index (κ3) is 5.37. The standard InChI is InChI=1S/C27H27N5O3S/c1-5-22(26(33)31-16(2)17-10-7-6-8-11-17)36-27-20(15-29)23(19(14-28)25(30)32-27)18-12-9-13-21(34-3)24(18)35-4/h6-13,16,22H,5H2,1-4H3,(H2,30,32)(H,31,33)/t16-,22-/m1/s1. The minimum absolute atomic E-state index is 0.0354. The zero-order valence-electron chi connectivity index (χ0n) is 20.5. The summed E-state index contributed by atoms with van der Waals surface area (Å²) in [7, 11) is 2.98. The van der Waals surface area contributed by atoms with Gasteiger partial charge >= 0.3 is 0 Å². The maximum atomic E-state index is 13.1. The van der Waals surface area contributed by atoms with Crippen LogP contribution in [-0.2, 0) is 4.79 Å². The second-order valence-corrected chi connectivity index (χ2v) is 9.04. The highest BCUT2D eigenvalue weighted by atomic mass is 32.2. The van der Waals surface area contributed by atoms with E-state index in [1.165, 1.54) is 14.2 Å². The molecule has 36 heavy (non-hydrogen) atoms. The van der Waals surface area contributed by atoms with Gasteiger partial charge in [0.2, 0.25) is 5.91 Å². The maximum absolute atomic E-state index is 13.1. The number of ether oxygens (including phenoxy) is 2. The second kappa shape index (κ2) is 12.0. The van der Waals surface area contributed by atoms with Gasteiger partial charge in [-0.2, -0.15) is 10.5 Å². The van der Waals surface area contributed by atoms with Gasteiger partial charge in [-0.15, -0.1) is 0 Å². The Labute approximate surface area is 215 Å². The Morgan fingerprint density at radius 1 is 1.08 bits per heavy atom. The van der Waals surface area contributed by atoms with Crippen LogP contribution in [0.5, 0.6) is 11.5 Å². The number of aromatic nitrogens is 1. The van der Waals surface area contributed by atoms with Crippen LogP contribution in [0.1, 0.15) is 43.0 Å². The molecular formula is C27H27N5O3S. The molecule has 8 nitrogen and oxygen atoms in total. The molecule has 2 atom stereocenters. The van der Waals surface area contributed by atoms with Gasteiger partial charge in [0.1, 0.15) is 28.5 Å². The molecule has 3 aromatic rings. The number of rotatable bonds is 9. The van der Waals surface area contributed by atoms with Crippen LogP contribution in [0.2, 0.25) is 0 Å². The highest BCUT2D eigenvalue weighted by Gasteiger charge is 2.28. The number of nitrogens with one attached hydrogen (secondary N) is 1. The minimum Gasteiger partial charge on any atom is -0.493 e. The number of carbonyl (C=O) groups is 1. The summed E-state index contributed by atoms with van der Waals surface area (Å²) in [5.74, 6) is 0.573. The molecule has 0 aliphatic heterocycles. The van der Waals surface area contributed by atoms with E-state index in [9.17, 15) is 15.3 Å². The molecule has 3 rings (SSSR count). The molecule has 0 unspecified atom stereocenters. The third-order valence-electron chi connectivity index (χ3n) is 5.66. The summed E-state index contributed by atoms with van der Waals surface area (Å²) < 4.78 is 10.9. The molecule has 0 aliphatic rings. The fraction of sp³-hybridized carbons (Fsp3) is 0.259. The van der Waals surface area contributed by atoms with Crippen LogP contribution < -0.4 is 20.5 Å². The summed E-state index contributed by atoms with van der Waals surface area (Å²) >= 11 is 1.14. The zero-order chi connectivity index (χ0) is 26.2. The molecule has 0 fully saturated rings. The Morgan fingerprint density at radius 3 is 2.36 bits per heavy atom. The van der Waals surface area contributed by atoms with Crippen molar-refractivity contribution in [1.82, 2.24) is 10.3 Å². The summed E-state index contributed by atoms with van der Waals surface area (Å²) in [5, 5.41) is 22.8. The molecule has 1 amide bonds. The summed E-state index contributed by atoms with van der Waals surface area (Å²) in [6, 6.07) is 18.9. The molecule has 1 heterocycles. The number of hydrogen-bond acceptors (Lipinski definition) is 8. The van der Waals surface area contributed by atoms with Gasteiger partial charge in [0.15, 0.2) is 11.5 Å². The van der Waals surface area contributed by atoms with E-state index in [-0.39, 0.29) is 33.9 Å². The van der Waals surface area contributed by atoms with Crippen molar-refractivity contribution < 1.29 is 14.3 Å². The number of methoxy groups -OCH3 is 2. The summed E-state index contributed by atoms with van der Waals surface area (Å²) in [4.78, 5) is 17.5. The van der Waals surface area contributed by atoms with Crippen LogP contribution in [0.4, 0.5) is 5.82 Å². The summed E-state index contributed by atoms with van der Waals surface area (Å²) in [6.07, 6.45) is 0.488. The fourth-order valence-corrected chi connectivity index (χ4v) is 4.85. The number of para-hydroxylation sites is 1. The maximum Gasteiger partial charge on any atom is 0.234 e. The number of benzene rings is 2. The Hall–Kier alpha value is -4.21. The van der Waals surface area contributed by atoms with Gasteiger partial charge in [-0.1, -0.05) is 61.2 Å². The Kier molecular flexibility index (Phi) is 8.77. The van der Waals surface area contributed by atoms with E-state index in [2.05, 4.69) is 22.4 Å². The first kappa shape index (κ1) is 26.4. The molecule has 0 radical (unpaired) electrons. The van der Waals surface area contributed by atoms with E-state index in [0.717, 1.165) is 17.3 Å². The quantitative estimate of drug-likeness (QED) is 0.398. The van der Waals surface area contributed by atoms with Crippen LogP contribution in [0.15, 0.2) is 53.6 Å². The Bertz CT molecular complexity index is 1330. The molecule has 0 spiro atoms. The first-order valence-electron chi connectivity index (χ1n) is 11.3. The van der Waals surface area contributed by atoms with E-state index < -0.39 is 5.25 Å². The number of pyridine rings is 1. The molecule has 9 heteroatoms. The molecule has 0 bridgehead atoms. The van der Waals surface area contributed by atoms with Crippen LogP contribution >= 0.6 is 11.8 Å². The number of nitrogen functional groups attached to an aromatic ring is 1. The Morgan fingerprint density at radius 2 is 1.78 bits per heavy atom. The van der Waals surface area contributed by atoms with Gasteiger partial charge in [0.05, 0.1) is 31.1 Å². The van der Waals surface area contributed by atoms with Crippen molar-refractivity contribution in [2.75, 3.05) is 20.0 Å². The number of amides is 1. The van der Waals surface area contributed by atoms with Crippen molar-refractivity contribution in [3.8, 4) is 34.8 Å². The molecule has 0 aliphatic carbocycles. The number of nitriles is 2. The van der Waals surface area contributed by atoms with E-state index in [4.69, 9.17) is 15.2 Å². The van der Waals surface area contributed by atoms with Crippen molar-refractivity contribution in [3.63, 3.8) is 0 Å². The van der Waals surface area contributed by atoms with Crippen molar-refractivity contribution >= 4 is 23.5 Å². The topological polar surface area (TPSA) is 134 Å². The van der Waals surface area contributed by atoms with Gasteiger partial charge in [-0.05, 0) is 25.0 Å². The molecule has 0 saturated heterocycles. The van der Waals surface area contributed by atoms with E-state index in [1.54, 1.807) is 18.2 Å². The van der Waals surface area contributed by atoms with Crippen molar-refractivity contribution in [1.29, 1.82) is 10.5 Å². The average Bonchev–Trinajstić information content (AvgIpc) is 2.90. The zero-order valence-corrected chi connectivity index (χ0v) is 21.3. The average molecular weight is 502 g/mol. The van der Waals surface area contributed by atoms with Crippen molar-refractivity contribution in [2.45, 2.75) is 36.6 Å². The smallest absolute Gasteiger partial charge is 0.234 e. The fourth-order valence-electron chi connectivity index (χ4n) is 3.83. The van der Waals surface area contributed by atoms with E-state index in [1.807, 2.05) is 44.2 Å². The normalized spacial score (nSPS) is 12.1. The molecule has 3 N–H and O–H groups in total. The number of nitrogens with zero attached hydrogens (tertiary/aromatic N) is 3. The lowest BCUT2D eigenvalue weighted by Crippen LogP contribution is -2.34. The van der Waals surface area contributed by atoms with Crippen LogP contribution in [-0.4, -0.2) is 30.4 Å². The lowest BCUT2D eigenvalue weighted by molar-refractivity contribution is -0.121. The predicted molar refractivity (Wildman–Crippen MR) is 140 cm³/mol. The van der Waals surface area contributed by atoms with Crippen molar-refractivity contribution in [2.24, 2.45) is 0 Å². The lowest BCUT2D eigenvalue weighted by Gasteiger charge is -2.21. The monoisotopic (exact) mass is 501 g/mol. The van der Waals surface area contributed by atoms with Gasteiger partial charge in [0.25, 0.3) is 0 Å².